The molecule has 0 bridgehead atoms. The van der Waals surface area contributed by atoms with Gasteiger partial charge >= 0.3 is 5.97 Å². The molecule has 0 unspecified atom stereocenters. The van der Waals surface area contributed by atoms with E-state index >= 15 is 0 Å². The summed E-state index contributed by atoms with van der Waals surface area (Å²) >= 11 is 1.12. The van der Waals surface area contributed by atoms with Gasteiger partial charge in [-0.15, -0.1) is 11.8 Å². The Labute approximate surface area is 125 Å². The summed E-state index contributed by atoms with van der Waals surface area (Å²) < 4.78 is 18.8. The molecule has 0 atom stereocenters. The third-order valence-corrected chi connectivity index (χ3v) is 3.68. The van der Waals surface area contributed by atoms with Crippen LogP contribution in [0.3, 0.4) is 0 Å². The molecule has 0 fully saturated rings. The number of rotatable bonds is 4. The molecule has 1 heterocycles. The zero-order chi connectivity index (χ0) is 15.6. The molecule has 0 aliphatic carbocycles. The van der Waals surface area contributed by atoms with Crippen molar-refractivity contribution >= 4 is 17.7 Å². The summed E-state index contributed by atoms with van der Waals surface area (Å²) in [6.45, 7) is 5.89. The van der Waals surface area contributed by atoms with E-state index in [1.54, 1.807) is 0 Å². The highest BCUT2D eigenvalue weighted by molar-refractivity contribution is 7.98. The van der Waals surface area contributed by atoms with E-state index in [-0.39, 0.29) is 21.6 Å². The second kappa shape index (κ2) is 5.85. The molecule has 112 valence electrons. The smallest absolute Gasteiger partial charge is 0.335 e. The van der Waals surface area contributed by atoms with Gasteiger partial charge in [0.15, 0.2) is 5.82 Å². The SMILES string of the molecule is CC(C)(C)c1noc(CSc2cc(C(=O)O)ccc2F)n1. The van der Waals surface area contributed by atoms with E-state index in [4.69, 9.17) is 9.63 Å². The fraction of sp³-hybridized carbons (Fsp3) is 0.357. The fourth-order valence-electron chi connectivity index (χ4n) is 1.50. The number of aromatic carboxylic acids is 1. The summed E-state index contributed by atoms with van der Waals surface area (Å²) in [4.78, 5) is 15.4. The minimum Gasteiger partial charge on any atom is -0.478 e. The predicted octanol–water partition coefficient (Wildman–Crippen LogP) is 3.50. The van der Waals surface area contributed by atoms with Crippen molar-refractivity contribution in [2.75, 3.05) is 0 Å². The first-order chi connectivity index (χ1) is 9.77. The minimum atomic E-state index is -1.09. The molecule has 0 spiro atoms. The molecule has 2 rings (SSSR count). The number of carbonyl (C=O) groups is 1. The summed E-state index contributed by atoms with van der Waals surface area (Å²) in [7, 11) is 0. The van der Waals surface area contributed by atoms with Crippen molar-refractivity contribution in [3.8, 4) is 0 Å². The van der Waals surface area contributed by atoms with Crippen molar-refractivity contribution in [2.24, 2.45) is 0 Å². The van der Waals surface area contributed by atoms with Crippen LogP contribution in [0.2, 0.25) is 0 Å². The van der Waals surface area contributed by atoms with Gasteiger partial charge in [-0.1, -0.05) is 25.9 Å². The molecule has 0 amide bonds. The average Bonchev–Trinajstić information content (AvgIpc) is 2.86. The summed E-state index contributed by atoms with van der Waals surface area (Å²) in [5, 5.41) is 12.8. The maximum atomic E-state index is 13.6. The molecule has 1 aromatic carbocycles. The number of thioether (sulfide) groups is 1. The van der Waals surface area contributed by atoms with Crippen molar-refractivity contribution in [3.63, 3.8) is 0 Å². The van der Waals surface area contributed by atoms with Gasteiger partial charge in [-0.3, -0.25) is 0 Å². The fourth-order valence-corrected chi connectivity index (χ4v) is 2.32. The van der Waals surface area contributed by atoms with Gasteiger partial charge in [0.2, 0.25) is 5.89 Å². The van der Waals surface area contributed by atoms with Gasteiger partial charge in [0.05, 0.1) is 11.3 Å². The lowest BCUT2D eigenvalue weighted by Crippen LogP contribution is -2.13. The molecule has 21 heavy (non-hydrogen) atoms. The summed E-state index contributed by atoms with van der Waals surface area (Å²) in [6, 6.07) is 3.66. The average molecular weight is 310 g/mol. The number of halogens is 1. The van der Waals surface area contributed by atoms with E-state index < -0.39 is 11.8 Å². The van der Waals surface area contributed by atoms with Crippen molar-refractivity contribution in [1.82, 2.24) is 10.1 Å². The third kappa shape index (κ3) is 3.81. The Kier molecular flexibility index (Phi) is 4.32. The van der Waals surface area contributed by atoms with Crippen LogP contribution < -0.4 is 0 Å². The van der Waals surface area contributed by atoms with E-state index in [1.165, 1.54) is 12.1 Å². The molecule has 7 heteroatoms. The summed E-state index contributed by atoms with van der Waals surface area (Å²) in [5.41, 5.74) is -0.180. The first kappa shape index (κ1) is 15.5. The van der Waals surface area contributed by atoms with Gasteiger partial charge in [0.1, 0.15) is 5.82 Å². The first-order valence-electron chi connectivity index (χ1n) is 6.26. The van der Waals surface area contributed by atoms with Crippen molar-refractivity contribution < 1.29 is 18.8 Å². The minimum absolute atomic E-state index is 0.0415. The number of hydrogen-bond acceptors (Lipinski definition) is 5. The molecule has 0 saturated carbocycles. The highest BCUT2D eigenvalue weighted by atomic mass is 32.2. The van der Waals surface area contributed by atoms with Crippen molar-refractivity contribution in [3.05, 3.63) is 41.3 Å². The van der Waals surface area contributed by atoms with Crippen LogP contribution >= 0.6 is 11.8 Å². The second-order valence-corrected chi connectivity index (χ2v) is 6.52. The highest BCUT2D eigenvalue weighted by Crippen LogP contribution is 2.27. The van der Waals surface area contributed by atoms with E-state index in [1.807, 2.05) is 20.8 Å². The van der Waals surface area contributed by atoms with Gasteiger partial charge in [0, 0.05) is 10.3 Å². The van der Waals surface area contributed by atoms with Gasteiger partial charge in [-0.25, -0.2) is 9.18 Å². The summed E-state index contributed by atoms with van der Waals surface area (Å²) in [5.74, 6) is -0.323. The maximum absolute atomic E-state index is 13.6. The molecule has 1 N–H and O–H groups in total. The quantitative estimate of drug-likeness (QED) is 0.871. The number of carboxylic acids is 1. The van der Waals surface area contributed by atoms with Gasteiger partial charge in [-0.2, -0.15) is 4.98 Å². The Hall–Kier alpha value is -1.89. The molecule has 0 aliphatic heterocycles. The molecule has 0 saturated heterocycles. The molecule has 2 aromatic rings. The van der Waals surface area contributed by atoms with Crippen LogP contribution in [0.1, 0.15) is 42.8 Å². The lowest BCUT2D eigenvalue weighted by Gasteiger charge is -2.10. The van der Waals surface area contributed by atoms with Crippen LogP contribution in [-0.2, 0) is 11.2 Å². The Balaban J connectivity index is 2.11. The number of nitrogens with zero attached hydrogens (tertiary/aromatic N) is 2. The predicted molar refractivity (Wildman–Crippen MR) is 75.9 cm³/mol. The van der Waals surface area contributed by atoms with Crippen molar-refractivity contribution in [2.45, 2.75) is 36.8 Å². The zero-order valence-electron chi connectivity index (χ0n) is 11.9. The molecule has 1 aromatic heterocycles. The van der Waals surface area contributed by atoms with Crippen LogP contribution in [0.4, 0.5) is 4.39 Å². The van der Waals surface area contributed by atoms with Gasteiger partial charge < -0.3 is 9.63 Å². The Morgan fingerprint density at radius 2 is 2.14 bits per heavy atom. The number of benzene rings is 1. The van der Waals surface area contributed by atoms with Crippen LogP contribution in [0, 0.1) is 5.82 Å². The maximum Gasteiger partial charge on any atom is 0.335 e. The number of aromatic nitrogens is 2. The topological polar surface area (TPSA) is 76.2 Å². The first-order valence-corrected chi connectivity index (χ1v) is 7.24. The molecule has 5 nitrogen and oxygen atoms in total. The highest BCUT2D eigenvalue weighted by Gasteiger charge is 2.21. The molecular weight excluding hydrogens is 295 g/mol. The van der Waals surface area contributed by atoms with Gasteiger partial charge in [0.25, 0.3) is 0 Å². The van der Waals surface area contributed by atoms with Crippen LogP contribution in [0.15, 0.2) is 27.6 Å². The van der Waals surface area contributed by atoms with Crippen molar-refractivity contribution in [1.29, 1.82) is 0 Å². The standard InChI is InChI=1S/C14H15FN2O3S/c1-14(2,3)13-16-11(20-17-13)7-21-10-6-8(12(18)19)4-5-9(10)15/h4-6H,7H2,1-3H3,(H,18,19). The van der Waals surface area contributed by atoms with Gasteiger partial charge in [-0.05, 0) is 18.2 Å². The monoisotopic (exact) mass is 310 g/mol. The van der Waals surface area contributed by atoms with E-state index in [0.29, 0.717) is 11.7 Å². The molecule has 0 radical (unpaired) electrons. The van der Waals surface area contributed by atoms with Crippen LogP contribution in [-0.4, -0.2) is 21.2 Å². The zero-order valence-corrected chi connectivity index (χ0v) is 12.7. The lowest BCUT2D eigenvalue weighted by molar-refractivity contribution is 0.0696. The Morgan fingerprint density at radius 3 is 2.71 bits per heavy atom. The van der Waals surface area contributed by atoms with Crippen LogP contribution in [0.5, 0.6) is 0 Å². The number of carboxylic acid groups (broad SMARTS) is 1. The second-order valence-electron chi connectivity index (χ2n) is 5.50. The largest absolute Gasteiger partial charge is 0.478 e. The molecular formula is C14H15FN2O3S. The molecule has 0 aliphatic rings. The van der Waals surface area contributed by atoms with Crippen LogP contribution in [0.25, 0.3) is 0 Å². The third-order valence-electron chi connectivity index (χ3n) is 2.67. The number of hydrogen-bond donors (Lipinski definition) is 1. The van der Waals surface area contributed by atoms with E-state index in [9.17, 15) is 9.18 Å². The van der Waals surface area contributed by atoms with E-state index in [0.717, 1.165) is 17.8 Å². The Morgan fingerprint density at radius 1 is 1.43 bits per heavy atom. The Bertz CT molecular complexity index is 664. The lowest BCUT2D eigenvalue weighted by atomic mass is 9.96. The summed E-state index contributed by atoms with van der Waals surface area (Å²) in [6.07, 6.45) is 0. The normalized spacial score (nSPS) is 11.6. The van der Waals surface area contributed by atoms with E-state index in [2.05, 4.69) is 10.1 Å².